The summed E-state index contributed by atoms with van der Waals surface area (Å²) in [5.41, 5.74) is 2.92. The quantitative estimate of drug-likeness (QED) is 0.657. The van der Waals surface area contributed by atoms with Gasteiger partial charge in [0.25, 0.3) is 0 Å². The largest absolute Gasteiger partial charge is 0.477 e. The van der Waals surface area contributed by atoms with E-state index in [1.54, 1.807) is 6.08 Å². The Hall–Kier alpha value is -2.82. The van der Waals surface area contributed by atoms with Crippen LogP contribution in [0.3, 0.4) is 0 Å². The van der Waals surface area contributed by atoms with Crippen molar-refractivity contribution in [1.82, 2.24) is 15.0 Å². The van der Waals surface area contributed by atoms with Gasteiger partial charge in [-0.25, -0.2) is 9.97 Å². The summed E-state index contributed by atoms with van der Waals surface area (Å²) in [5.74, 6) is 0.591. The van der Waals surface area contributed by atoms with E-state index in [4.69, 9.17) is 4.74 Å². The monoisotopic (exact) mass is 294 g/mol. The molecule has 3 aromatic rings. The highest BCUT2D eigenvalue weighted by Gasteiger charge is 2.11. The number of aromatic amines is 1. The van der Waals surface area contributed by atoms with Crippen LogP contribution in [0.4, 0.5) is 5.69 Å². The molecule has 2 aromatic heterocycles. The van der Waals surface area contributed by atoms with Crippen LogP contribution in [0.5, 0.6) is 5.88 Å². The number of anilines is 1. The summed E-state index contributed by atoms with van der Waals surface area (Å²) >= 11 is 0. The first kappa shape index (κ1) is 14.1. The fourth-order valence-corrected chi connectivity index (χ4v) is 2.28. The van der Waals surface area contributed by atoms with E-state index in [0.717, 1.165) is 23.1 Å². The number of nitrogens with zero attached hydrogens (tertiary/aromatic N) is 2. The van der Waals surface area contributed by atoms with Gasteiger partial charge in [0.2, 0.25) is 5.88 Å². The van der Waals surface area contributed by atoms with Gasteiger partial charge in [-0.3, -0.25) is 0 Å². The molecule has 1 aromatic carbocycles. The maximum absolute atomic E-state index is 5.87. The number of ether oxygens (including phenoxy) is 1. The minimum Gasteiger partial charge on any atom is -0.477 e. The van der Waals surface area contributed by atoms with Gasteiger partial charge in [0, 0.05) is 19.2 Å². The molecule has 0 spiro atoms. The number of nitrogens with one attached hydrogen (secondary N) is 2. The lowest BCUT2D eigenvalue weighted by atomic mass is 10.2. The predicted octanol–water partition coefficient (Wildman–Crippen LogP) is 3.18. The van der Waals surface area contributed by atoms with Crippen molar-refractivity contribution in [2.75, 3.05) is 18.5 Å². The van der Waals surface area contributed by atoms with Crippen LogP contribution in [0.15, 0.2) is 55.5 Å². The van der Waals surface area contributed by atoms with Gasteiger partial charge in [0.1, 0.15) is 17.4 Å². The molecule has 22 heavy (non-hydrogen) atoms. The molecule has 0 saturated heterocycles. The molecule has 2 heterocycles. The van der Waals surface area contributed by atoms with Crippen molar-refractivity contribution >= 4 is 16.7 Å². The molecule has 0 atom stereocenters. The number of hydrogen-bond acceptors (Lipinski definition) is 4. The molecule has 0 saturated carbocycles. The van der Waals surface area contributed by atoms with Crippen molar-refractivity contribution in [3.8, 4) is 5.88 Å². The van der Waals surface area contributed by atoms with Crippen molar-refractivity contribution in [1.29, 1.82) is 0 Å². The number of benzene rings is 1. The predicted molar refractivity (Wildman–Crippen MR) is 88.2 cm³/mol. The zero-order chi connectivity index (χ0) is 15.2. The topological polar surface area (TPSA) is 62.8 Å². The first-order chi connectivity index (χ1) is 10.9. The Balaban J connectivity index is 1.75. The molecular formula is C17H18N4O. The zero-order valence-corrected chi connectivity index (χ0v) is 12.2. The third-order valence-electron chi connectivity index (χ3n) is 3.34. The average Bonchev–Trinajstić information content (AvgIpc) is 2.98. The summed E-state index contributed by atoms with van der Waals surface area (Å²) in [6.45, 7) is 4.95. The molecule has 0 amide bonds. The highest BCUT2D eigenvalue weighted by atomic mass is 16.5. The fourth-order valence-electron chi connectivity index (χ4n) is 2.28. The van der Waals surface area contributed by atoms with Gasteiger partial charge in [-0.2, -0.15) is 0 Å². The molecule has 2 N–H and O–H groups in total. The maximum atomic E-state index is 5.87. The molecule has 0 aliphatic rings. The second kappa shape index (κ2) is 6.76. The lowest BCUT2D eigenvalue weighted by Gasteiger charge is -2.08. The number of H-pyrrole nitrogens is 1. The lowest BCUT2D eigenvalue weighted by molar-refractivity contribution is 0.313. The summed E-state index contributed by atoms with van der Waals surface area (Å²) in [7, 11) is 0. The van der Waals surface area contributed by atoms with E-state index in [-0.39, 0.29) is 0 Å². The highest BCUT2D eigenvalue weighted by molar-refractivity contribution is 5.94. The van der Waals surface area contributed by atoms with Crippen LogP contribution in [-0.4, -0.2) is 28.1 Å². The first-order valence-electron chi connectivity index (χ1n) is 7.22. The van der Waals surface area contributed by atoms with Crippen molar-refractivity contribution in [2.24, 2.45) is 0 Å². The van der Waals surface area contributed by atoms with Crippen molar-refractivity contribution in [2.45, 2.75) is 6.42 Å². The molecule has 0 aliphatic carbocycles. The van der Waals surface area contributed by atoms with E-state index in [2.05, 4.69) is 39.0 Å². The number of rotatable bonds is 7. The minimum absolute atomic E-state index is 0.572. The number of hydrogen-bond donors (Lipinski definition) is 2. The Kier molecular flexibility index (Phi) is 4.34. The van der Waals surface area contributed by atoms with Gasteiger partial charge in [-0.05, 0) is 5.56 Å². The van der Waals surface area contributed by atoms with Gasteiger partial charge in [-0.15, -0.1) is 6.58 Å². The van der Waals surface area contributed by atoms with Gasteiger partial charge in [-0.1, -0.05) is 36.4 Å². The summed E-state index contributed by atoms with van der Waals surface area (Å²) in [6.07, 6.45) is 6.02. The minimum atomic E-state index is 0.572. The Morgan fingerprint density at radius 1 is 1.23 bits per heavy atom. The van der Waals surface area contributed by atoms with Gasteiger partial charge in [0.15, 0.2) is 0 Å². The van der Waals surface area contributed by atoms with Crippen LogP contribution in [0.25, 0.3) is 11.0 Å². The van der Waals surface area contributed by atoms with Crippen LogP contribution >= 0.6 is 0 Å². The standard InChI is InChI=1S/C17H18N4O/c1-2-9-18-14-11-19-16-15(14)17(21-12-20-16)22-10-8-13-6-4-3-5-7-13/h2-7,11-12,18H,1,8-10H2,(H,19,20,21). The maximum Gasteiger partial charge on any atom is 0.228 e. The number of fused-ring (bicyclic) bond motifs is 1. The third kappa shape index (κ3) is 3.09. The summed E-state index contributed by atoms with van der Waals surface area (Å²) in [4.78, 5) is 11.6. The molecule has 5 nitrogen and oxygen atoms in total. The van der Waals surface area contributed by atoms with Crippen LogP contribution in [0.2, 0.25) is 0 Å². The Bertz CT molecular complexity index is 752. The molecule has 3 rings (SSSR count). The van der Waals surface area contributed by atoms with E-state index in [1.807, 2.05) is 24.4 Å². The normalized spacial score (nSPS) is 10.5. The van der Waals surface area contributed by atoms with E-state index >= 15 is 0 Å². The van der Waals surface area contributed by atoms with E-state index in [1.165, 1.54) is 11.9 Å². The summed E-state index contributed by atoms with van der Waals surface area (Å²) in [5, 5.41) is 4.13. The molecule has 0 aliphatic heterocycles. The van der Waals surface area contributed by atoms with Crippen LogP contribution in [0, 0.1) is 0 Å². The van der Waals surface area contributed by atoms with E-state index in [9.17, 15) is 0 Å². The summed E-state index contributed by atoms with van der Waals surface area (Å²) in [6, 6.07) is 10.2. The molecular weight excluding hydrogens is 276 g/mol. The SMILES string of the molecule is C=CCNc1c[nH]c2ncnc(OCCc3ccccc3)c12. The Morgan fingerprint density at radius 2 is 2.09 bits per heavy atom. The van der Waals surface area contributed by atoms with Gasteiger partial charge in [0.05, 0.1) is 12.3 Å². The molecule has 0 radical (unpaired) electrons. The molecule has 0 bridgehead atoms. The van der Waals surface area contributed by atoms with Crippen molar-refractivity contribution in [3.63, 3.8) is 0 Å². The van der Waals surface area contributed by atoms with Gasteiger partial charge < -0.3 is 15.0 Å². The second-order valence-corrected chi connectivity index (χ2v) is 4.86. The second-order valence-electron chi connectivity index (χ2n) is 4.86. The zero-order valence-electron chi connectivity index (χ0n) is 12.2. The fraction of sp³-hybridized carbons (Fsp3) is 0.176. The van der Waals surface area contributed by atoms with Gasteiger partial charge >= 0.3 is 0 Å². The smallest absolute Gasteiger partial charge is 0.228 e. The van der Waals surface area contributed by atoms with E-state index in [0.29, 0.717) is 19.0 Å². The molecule has 0 fully saturated rings. The lowest BCUT2D eigenvalue weighted by Crippen LogP contribution is -2.04. The Morgan fingerprint density at radius 3 is 2.91 bits per heavy atom. The van der Waals surface area contributed by atoms with Crippen LogP contribution in [0.1, 0.15) is 5.56 Å². The Labute approximate surface area is 129 Å². The summed E-state index contributed by atoms with van der Waals surface area (Å²) < 4.78 is 5.87. The average molecular weight is 294 g/mol. The molecule has 112 valence electrons. The van der Waals surface area contributed by atoms with E-state index < -0.39 is 0 Å². The van der Waals surface area contributed by atoms with Crippen LogP contribution in [-0.2, 0) is 6.42 Å². The number of aromatic nitrogens is 3. The van der Waals surface area contributed by atoms with Crippen molar-refractivity contribution < 1.29 is 4.74 Å². The van der Waals surface area contributed by atoms with Crippen LogP contribution < -0.4 is 10.1 Å². The molecule has 5 heteroatoms. The third-order valence-corrected chi connectivity index (χ3v) is 3.34. The first-order valence-corrected chi connectivity index (χ1v) is 7.22. The molecule has 0 unspecified atom stereocenters. The van der Waals surface area contributed by atoms with Crippen molar-refractivity contribution in [3.05, 3.63) is 61.1 Å². The highest BCUT2D eigenvalue weighted by Crippen LogP contribution is 2.29.